The highest BCUT2D eigenvalue weighted by Gasteiger charge is 2.33. The van der Waals surface area contributed by atoms with Crippen LogP contribution in [0.15, 0.2) is 54.6 Å². The molecule has 1 aromatic heterocycles. The maximum atomic E-state index is 11.6. The molecule has 1 aliphatic rings. The number of fused-ring (bicyclic) bond motifs is 1. The first-order valence-corrected chi connectivity index (χ1v) is 10.1. The van der Waals surface area contributed by atoms with Crippen LogP contribution in [0.1, 0.15) is 29.3 Å². The number of carbonyl (C=O) groups is 1. The maximum absolute atomic E-state index is 11.6. The van der Waals surface area contributed by atoms with Crippen LogP contribution in [0, 0.1) is 5.92 Å². The first-order chi connectivity index (χ1) is 13.2. The Labute approximate surface area is 163 Å². The molecule has 0 radical (unpaired) electrons. The third-order valence-corrected chi connectivity index (χ3v) is 6.48. The van der Waals surface area contributed by atoms with E-state index in [1.807, 2.05) is 18.2 Å². The monoisotopic (exact) mass is 381 g/mol. The second-order valence-corrected chi connectivity index (χ2v) is 8.12. The molecule has 4 nitrogen and oxygen atoms in total. The first kappa shape index (κ1) is 18.0. The zero-order chi connectivity index (χ0) is 18.8. The normalized spacial score (nSPS) is 19.1. The molecule has 0 bridgehead atoms. The summed E-state index contributed by atoms with van der Waals surface area (Å²) in [6.07, 6.45) is 1.64. The van der Waals surface area contributed by atoms with Crippen molar-refractivity contribution < 1.29 is 14.6 Å². The van der Waals surface area contributed by atoms with Gasteiger partial charge >= 0.3 is 5.97 Å². The van der Waals surface area contributed by atoms with Crippen molar-refractivity contribution in [3.05, 3.63) is 65.0 Å². The lowest BCUT2D eigenvalue weighted by molar-refractivity contribution is -0.143. The Balaban J connectivity index is 1.80. The van der Waals surface area contributed by atoms with E-state index < -0.39 is 5.97 Å². The van der Waals surface area contributed by atoms with E-state index in [1.54, 1.807) is 18.4 Å². The number of para-hydroxylation sites is 1. The molecule has 140 valence electrons. The van der Waals surface area contributed by atoms with Gasteiger partial charge in [0.05, 0.1) is 19.1 Å². The number of nitrogens with zero attached hydrogens (tertiary/aromatic N) is 1. The van der Waals surface area contributed by atoms with Crippen molar-refractivity contribution in [1.82, 2.24) is 4.90 Å². The molecule has 0 amide bonds. The van der Waals surface area contributed by atoms with E-state index in [2.05, 4.69) is 41.3 Å². The number of carboxylic acid groups (broad SMARTS) is 1. The number of thiophene rings is 1. The Kier molecular flexibility index (Phi) is 5.14. The summed E-state index contributed by atoms with van der Waals surface area (Å²) in [7, 11) is 1.69. The van der Waals surface area contributed by atoms with Crippen LogP contribution in [0.4, 0.5) is 0 Å². The molecule has 3 aromatic rings. The minimum Gasteiger partial charge on any atom is -0.496 e. The molecule has 2 heterocycles. The van der Waals surface area contributed by atoms with Crippen molar-refractivity contribution in [2.45, 2.75) is 18.9 Å². The molecule has 1 aliphatic heterocycles. The summed E-state index contributed by atoms with van der Waals surface area (Å²) in [6.45, 7) is 1.45. The number of methoxy groups -OCH3 is 1. The van der Waals surface area contributed by atoms with Crippen LogP contribution < -0.4 is 4.74 Å². The fourth-order valence-electron chi connectivity index (χ4n) is 4.00. The average Bonchev–Trinajstić information content (AvgIpc) is 3.12. The van der Waals surface area contributed by atoms with E-state index >= 15 is 0 Å². The quantitative estimate of drug-likeness (QED) is 0.690. The van der Waals surface area contributed by atoms with E-state index in [0.717, 1.165) is 30.7 Å². The molecule has 1 saturated heterocycles. The molecule has 1 fully saturated rings. The van der Waals surface area contributed by atoms with Crippen LogP contribution >= 0.6 is 11.3 Å². The summed E-state index contributed by atoms with van der Waals surface area (Å²) in [6, 6.07) is 18.7. The summed E-state index contributed by atoms with van der Waals surface area (Å²) in [5.74, 6) is -0.169. The highest BCUT2D eigenvalue weighted by Crippen LogP contribution is 2.41. The van der Waals surface area contributed by atoms with Crippen LogP contribution in [0.2, 0.25) is 0 Å². The Morgan fingerprint density at radius 2 is 2.00 bits per heavy atom. The van der Waals surface area contributed by atoms with Gasteiger partial charge in [0.1, 0.15) is 5.75 Å². The van der Waals surface area contributed by atoms with Gasteiger partial charge in [-0.1, -0.05) is 36.4 Å². The summed E-state index contributed by atoms with van der Waals surface area (Å²) in [5, 5.41) is 10.8. The molecule has 0 saturated carbocycles. The Morgan fingerprint density at radius 3 is 2.78 bits per heavy atom. The number of benzene rings is 2. The van der Waals surface area contributed by atoms with Gasteiger partial charge in [0.25, 0.3) is 0 Å². The van der Waals surface area contributed by atoms with Crippen LogP contribution in [-0.4, -0.2) is 36.2 Å². The number of piperidine rings is 1. The second-order valence-electron chi connectivity index (χ2n) is 7.00. The van der Waals surface area contributed by atoms with Gasteiger partial charge in [0, 0.05) is 21.7 Å². The van der Waals surface area contributed by atoms with Crippen molar-refractivity contribution in [2.75, 3.05) is 20.2 Å². The van der Waals surface area contributed by atoms with Crippen LogP contribution in [0.25, 0.3) is 10.1 Å². The fraction of sp³-hybridized carbons (Fsp3) is 0.318. The highest BCUT2D eigenvalue weighted by atomic mass is 32.1. The molecule has 2 unspecified atom stereocenters. The first-order valence-electron chi connectivity index (χ1n) is 9.25. The maximum Gasteiger partial charge on any atom is 0.307 e. The number of rotatable bonds is 5. The van der Waals surface area contributed by atoms with Crippen molar-refractivity contribution in [2.24, 2.45) is 5.92 Å². The minimum atomic E-state index is -0.699. The molecular weight excluding hydrogens is 358 g/mol. The third kappa shape index (κ3) is 3.57. The second kappa shape index (κ2) is 7.71. The van der Waals surface area contributed by atoms with Gasteiger partial charge in [-0.05, 0) is 43.0 Å². The van der Waals surface area contributed by atoms with Crippen molar-refractivity contribution >= 4 is 27.4 Å². The lowest BCUT2D eigenvalue weighted by Crippen LogP contribution is -2.41. The molecule has 1 N–H and O–H groups in total. The number of hydrogen-bond acceptors (Lipinski definition) is 4. The summed E-state index contributed by atoms with van der Waals surface area (Å²) < 4.78 is 6.90. The predicted molar refractivity (Wildman–Crippen MR) is 109 cm³/mol. The van der Waals surface area contributed by atoms with Gasteiger partial charge in [-0.25, -0.2) is 0 Å². The molecule has 2 aromatic carbocycles. The molecule has 5 heteroatoms. The summed E-state index contributed by atoms with van der Waals surface area (Å²) in [4.78, 5) is 15.1. The lowest BCUT2D eigenvalue weighted by Gasteiger charge is -2.37. The topological polar surface area (TPSA) is 49.8 Å². The van der Waals surface area contributed by atoms with Crippen LogP contribution in [0.5, 0.6) is 5.75 Å². The number of carboxylic acids is 1. The number of ether oxygens (including phenoxy) is 1. The van der Waals surface area contributed by atoms with Crippen LogP contribution in [0.3, 0.4) is 0 Å². The van der Waals surface area contributed by atoms with Gasteiger partial charge in [-0.2, -0.15) is 0 Å². The van der Waals surface area contributed by atoms with Crippen LogP contribution in [-0.2, 0) is 4.79 Å². The minimum absolute atomic E-state index is 0.000648. The Hall–Kier alpha value is -2.37. The number of aliphatic carboxylic acids is 1. The largest absolute Gasteiger partial charge is 0.496 e. The zero-order valence-corrected chi connectivity index (χ0v) is 16.1. The van der Waals surface area contributed by atoms with E-state index in [4.69, 9.17) is 4.74 Å². The van der Waals surface area contributed by atoms with E-state index in [0.29, 0.717) is 6.54 Å². The standard InChI is InChI=1S/C22H23NO3S/c1-26-18-10-4-3-9-17(18)21(23-12-6-8-16(14-23)22(24)25)20-13-15-7-2-5-11-19(15)27-20/h2-5,7,9-11,13,16,21H,6,8,12,14H2,1H3,(H,24,25). The molecular formula is C22H23NO3S. The molecule has 0 spiro atoms. The number of hydrogen-bond donors (Lipinski definition) is 1. The molecule has 0 aliphatic carbocycles. The predicted octanol–water partition coefficient (Wildman–Crippen LogP) is 4.80. The van der Waals surface area contributed by atoms with Crippen molar-refractivity contribution in [3.8, 4) is 5.75 Å². The smallest absolute Gasteiger partial charge is 0.307 e. The highest BCUT2D eigenvalue weighted by molar-refractivity contribution is 7.19. The van der Waals surface area contributed by atoms with E-state index in [-0.39, 0.29) is 12.0 Å². The number of likely N-dealkylation sites (tertiary alicyclic amines) is 1. The van der Waals surface area contributed by atoms with Gasteiger partial charge in [0.15, 0.2) is 0 Å². The molecule has 27 heavy (non-hydrogen) atoms. The zero-order valence-electron chi connectivity index (χ0n) is 15.3. The van der Waals surface area contributed by atoms with E-state index in [1.165, 1.54) is 15.0 Å². The molecule has 4 rings (SSSR count). The fourth-order valence-corrected chi connectivity index (χ4v) is 5.22. The van der Waals surface area contributed by atoms with Gasteiger partial charge in [0.2, 0.25) is 0 Å². The summed E-state index contributed by atoms with van der Waals surface area (Å²) in [5.41, 5.74) is 1.09. The van der Waals surface area contributed by atoms with Gasteiger partial charge in [-0.15, -0.1) is 11.3 Å². The lowest BCUT2D eigenvalue weighted by atomic mass is 9.93. The Morgan fingerprint density at radius 1 is 1.22 bits per heavy atom. The van der Waals surface area contributed by atoms with Gasteiger partial charge < -0.3 is 9.84 Å². The van der Waals surface area contributed by atoms with Crippen molar-refractivity contribution in [3.63, 3.8) is 0 Å². The van der Waals surface area contributed by atoms with Crippen molar-refractivity contribution in [1.29, 1.82) is 0 Å². The third-order valence-electron chi connectivity index (χ3n) is 5.31. The van der Waals surface area contributed by atoms with Gasteiger partial charge in [-0.3, -0.25) is 9.69 Å². The van der Waals surface area contributed by atoms with E-state index in [9.17, 15) is 9.90 Å². The summed E-state index contributed by atoms with van der Waals surface area (Å²) >= 11 is 1.78. The average molecular weight is 381 g/mol. The molecule has 2 atom stereocenters. The Bertz CT molecular complexity index is 918. The SMILES string of the molecule is COc1ccccc1C(c1cc2ccccc2s1)N1CCCC(C(=O)O)C1.